The number of fused-ring (bicyclic) bond motifs is 1. The molecule has 1 atom stereocenters. The first-order chi connectivity index (χ1) is 16.2. The predicted molar refractivity (Wildman–Crippen MR) is 123 cm³/mol. The number of methoxy groups -OCH3 is 2. The molecule has 178 valence electrons. The molecule has 0 aliphatic carbocycles. The lowest BCUT2D eigenvalue weighted by Gasteiger charge is -2.38. The van der Waals surface area contributed by atoms with Gasteiger partial charge in [0, 0.05) is 12.2 Å². The number of hydrogen-bond donors (Lipinski definition) is 1. The molecule has 3 aromatic carbocycles. The number of carbonyl (C=O) groups excluding carboxylic acids is 1. The Morgan fingerprint density at radius 3 is 2.38 bits per heavy atom. The Kier molecular flexibility index (Phi) is 6.41. The molecule has 3 aromatic rings. The highest BCUT2D eigenvalue weighted by Gasteiger charge is 2.36. The first-order valence-electron chi connectivity index (χ1n) is 10.8. The number of para-hydroxylation sites is 1. The van der Waals surface area contributed by atoms with Crippen LogP contribution in [0.2, 0.25) is 0 Å². The Morgan fingerprint density at radius 2 is 1.71 bits per heavy atom. The van der Waals surface area contributed by atoms with E-state index in [0.717, 1.165) is 23.3 Å². The lowest BCUT2D eigenvalue weighted by Crippen LogP contribution is -2.43. The minimum Gasteiger partial charge on any atom is -0.493 e. The maximum absolute atomic E-state index is 13.5. The number of halogens is 3. The Balaban J connectivity index is 1.82. The summed E-state index contributed by atoms with van der Waals surface area (Å²) in [4.78, 5) is 15.0. The lowest BCUT2D eigenvalue weighted by molar-refractivity contribution is -0.137. The monoisotopic (exact) mass is 470 g/mol. The molecule has 4 rings (SSSR count). The van der Waals surface area contributed by atoms with Crippen LogP contribution in [0.1, 0.15) is 33.9 Å². The van der Waals surface area contributed by atoms with Crippen LogP contribution in [0, 0.1) is 6.92 Å². The summed E-state index contributed by atoms with van der Waals surface area (Å²) >= 11 is 0. The van der Waals surface area contributed by atoms with E-state index in [2.05, 4.69) is 5.32 Å². The third kappa shape index (κ3) is 4.53. The van der Waals surface area contributed by atoms with Crippen LogP contribution in [0.4, 0.5) is 23.7 Å². The minimum absolute atomic E-state index is 0.321. The number of hydrogen-bond acceptors (Lipinski definition) is 3. The van der Waals surface area contributed by atoms with Gasteiger partial charge in [0.05, 0.1) is 25.8 Å². The third-order valence-electron chi connectivity index (χ3n) is 6.05. The number of anilines is 1. The number of benzene rings is 3. The number of ether oxygens (including phenoxy) is 2. The van der Waals surface area contributed by atoms with Crippen molar-refractivity contribution in [1.82, 2.24) is 4.90 Å². The van der Waals surface area contributed by atoms with Crippen molar-refractivity contribution < 1.29 is 27.4 Å². The zero-order valence-electron chi connectivity index (χ0n) is 19.1. The summed E-state index contributed by atoms with van der Waals surface area (Å²) in [7, 11) is 3.02. The van der Waals surface area contributed by atoms with Gasteiger partial charge in [0.1, 0.15) is 0 Å². The van der Waals surface area contributed by atoms with Crippen molar-refractivity contribution in [2.75, 3.05) is 26.1 Å². The van der Waals surface area contributed by atoms with Crippen molar-refractivity contribution in [3.8, 4) is 11.5 Å². The van der Waals surface area contributed by atoms with Crippen molar-refractivity contribution in [2.45, 2.75) is 25.6 Å². The molecule has 8 heteroatoms. The first-order valence-corrected chi connectivity index (χ1v) is 10.8. The quantitative estimate of drug-likeness (QED) is 0.493. The van der Waals surface area contributed by atoms with Gasteiger partial charge >= 0.3 is 12.2 Å². The molecule has 1 aliphatic rings. The second kappa shape index (κ2) is 9.29. The smallest absolute Gasteiger partial charge is 0.416 e. The molecule has 1 N–H and O–H groups in total. The molecule has 1 aliphatic heterocycles. The Morgan fingerprint density at radius 1 is 1.00 bits per heavy atom. The summed E-state index contributed by atoms with van der Waals surface area (Å²) < 4.78 is 51.4. The Hall–Kier alpha value is -3.68. The highest BCUT2D eigenvalue weighted by atomic mass is 19.4. The first kappa shape index (κ1) is 23.5. The van der Waals surface area contributed by atoms with Gasteiger partial charge in [-0.05, 0) is 65.9 Å². The van der Waals surface area contributed by atoms with Crippen LogP contribution >= 0.6 is 0 Å². The topological polar surface area (TPSA) is 50.8 Å². The number of aryl methyl sites for hydroxylation is 1. The molecular formula is C26H25F3N2O3. The van der Waals surface area contributed by atoms with Gasteiger partial charge in [-0.1, -0.05) is 30.3 Å². The van der Waals surface area contributed by atoms with Crippen molar-refractivity contribution in [2.24, 2.45) is 0 Å². The number of alkyl halides is 3. The number of urea groups is 1. The van der Waals surface area contributed by atoms with Crippen LogP contribution in [0.3, 0.4) is 0 Å². The zero-order valence-corrected chi connectivity index (χ0v) is 19.1. The van der Waals surface area contributed by atoms with E-state index in [1.807, 2.05) is 31.2 Å². The van der Waals surface area contributed by atoms with E-state index in [1.165, 1.54) is 20.3 Å². The second-order valence-corrected chi connectivity index (χ2v) is 8.12. The number of amides is 2. The van der Waals surface area contributed by atoms with E-state index in [1.54, 1.807) is 23.1 Å². The van der Waals surface area contributed by atoms with Crippen molar-refractivity contribution in [3.05, 3.63) is 88.5 Å². The average molecular weight is 470 g/mol. The molecule has 0 fully saturated rings. The number of nitrogens with one attached hydrogen (secondary N) is 1. The van der Waals surface area contributed by atoms with Gasteiger partial charge in [-0.2, -0.15) is 13.2 Å². The van der Waals surface area contributed by atoms with Gasteiger partial charge in [-0.25, -0.2) is 4.79 Å². The summed E-state index contributed by atoms with van der Waals surface area (Å²) in [6, 6.07) is 14.9. The molecule has 0 spiro atoms. The second-order valence-electron chi connectivity index (χ2n) is 8.12. The van der Waals surface area contributed by atoms with Crippen LogP contribution < -0.4 is 14.8 Å². The fraction of sp³-hybridized carbons (Fsp3) is 0.269. The van der Waals surface area contributed by atoms with Crippen LogP contribution in [-0.4, -0.2) is 31.7 Å². The van der Waals surface area contributed by atoms with Crippen LogP contribution in [-0.2, 0) is 12.6 Å². The maximum Gasteiger partial charge on any atom is 0.416 e. The van der Waals surface area contributed by atoms with Gasteiger partial charge in [0.2, 0.25) is 0 Å². The van der Waals surface area contributed by atoms with E-state index in [4.69, 9.17) is 9.47 Å². The van der Waals surface area contributed by atoms with Crippen molar-refractivity contribution in [1.29, 1.82) is 0 Å². The molecule has 34 heavy (non-hydrogen) atoms. The van der Waals surface area contributed by atoms with E-state index in [-0.39, 0.29) is 0 Å². The molecule has 0 saturated heterocycles. The molecule has 2 amide bonds. The third-order valence-corrected chi connectivity index (χ3v) is 6.05. The summed E-state index contributed by atoms with van der Waals surface area (Å²) in [5.41, 5.74) is 2.71. The van der Waals surface area contributed by atoms with Gasteiger partial charge in [-0.3, -0.25) is 0 Å². The molecule has 0 radical (unpaired) electrons. The van der Waals surface area contributed by atoms with Gasteiger partial charge < -0.3 is 19.7 Å². The highest BCUT2D eigenvalue weighted by Crippen LogP contribution is 2.42. The molecular weight excluding hydrogens is 445 g/mol. The number of carbonyl (C=O) groups is 1. The molecule has 1 heterocycles. The molecule has 0 aromatic heterocycles. The minimum atomic E-state index is -4.50. The largest absolute Gasteiger partial charge is 0.493 e. The fourth-order valence-electron chi connectivity index (χ4n) is 4.31. The summed E-state index contributed by atoms with van der Waals surface area (Å²) in [5, 5.41) is 2.92. The van der Waals surface area contributed by atoms with Gasteiger partial charge in [0.25, 0.3) is 0 Å². The summed E-state index contributed by atoms with van der Waals surface area (Å²) in [5.74, 6) is 0.973. The van der Waals surface area contributed by atoms with E-state index in [0.29, 0.717) is 41.3 Å². The highest BCUT2D eigenvalue weighted by molar-refractivity contribution is 5.91. The Bertz CT molecular complexity index is 1210. The molecule has 0 bridgehead atoms. The maximum atomic E-state index is 13.5. The van der Waals surface area contributed by atoms with Crippen molar-refractivity contribution >= 4 is 11.7 Å². The molecule has 0 saturated carbocycles. The zero-order chi connectivity index (χ0) is 24.5. The van der Waals surface area contributed by atoms with Crippen LogP contribution in [0.15, 0.2) is 60.7 Å². The SMILES string of the molecule is COc1cc2c(cc1OC)[C@@H](c1cccc(C(F)(F)F)c1)N(C(=O)Nc1ccccc1C)CC2. The normalized spacial score (nSPS) is 15.5. The number of rotatable bonds is 4. The van der Waals surface area contributed by atoms with E-state index in [9.17, 15) is 18.0 Å². The van der Waals surface area contributed by atoms with Gasteiger partial charge in [0.15, 0.2) is 11.5 Å². The van der Waals surface area contributed by atoms with Crippen LogP contribution in [0.5, 0.6) is 11.5 Å². The Labute approximate surface area is 196 Å². The standard InChI is InChI=1S/C26H25F3N2O3/c1-16-7-4-5-10-21(16)30-25(32)31-12-11-17-14-22(33-2)23(34-3)15-20(17)24(31)18-8-6-9-19(13-18)26(27,28)29/h4-10,13-15,24H,11-12H2,1-3H3,(H,30,32)/t24-/m1/s1. The van der Waals surface area contributed by atoms with Crippen molar-refractivity contribution in [3.63, 3.8) is 0 Å². The molecule has 5 nitrogen and oxygen atoms in total. The van der Waals surface area contributed by atoms with E-state index >= 15 is 0 Å². The number of nitrogens with zero attached hydrogens (tertiary/aromatic N) is 1. The summed E-state index contributed by atoms with van der Waals surface area (Å²) in [6.45, 7) is 2.20. The predicted octanol–water partition coefficient (Wildman–Crippen LogP) is 6.21. The van der Waals surface area contributed by atoms with Crippen LogP contribution in [0.25, 0.3) is 0 Å². The fourth-order valence-corrected chi connectivity index (χ4v) is 4.31. The lowest BCUT2D eigenvalue weighted by atomic mass is 9.87. The van der Waals surface area contributed by atoms with E-state index < -0.39 is 23.8 Å². The average Bonchev–Trinajstić information content (AvgIpc) is 2.83. The van der Waals surface area contributed by atoms with Gasteiger partial charge in [-0.15, -0.1) is 0 Å². The molecule has 0 unspecified atom stereocenters. The summed E-state index contributed by atoms with van der Waals surface area (Å²) in [6.07, 6.45) is -3.98.